The van der Waals surface area contributed by atoms with E-state index in [0.717, 1.165) is 44.0 Å². The number of hydrogen-bond acceptors (Lipinski definition) is 3. The number of nitrogens with one attached hydrogen (secondary N) is 2. The van der Waals surface area contributed by atoms with E-state index in [0.29, 0.717) is 12.5 Å². The Morgan fingerprint density at radius 2 is 2.24 bits per heavy atom. The molecule has 2 unspecified atom stereocenters. The Labute approximate surface area is 143 Å². The second kappa shape index (κ2) is 9.94. The number of guanidine groups is 1. The SMILES string of the molecule is CCNC(=NCc1ccccn1)NCC1CCCC1O.I. The molecule has 0 bridgehead atoms. The van der Waals surface area contributed by atoms with Crippen molar-refractivity contribution in [3.05, 3.63) is 30.1 Å². The molecule has 5 nitrogen and oxygen atoms in total. The van der Waals surface area contributed by atoms with Gasteiger partial charge in [0.2, 0.25) is 0 Å². The normalized spacial score (nSPS) is 21.7. The lowest BCUT2D eigenvalue weighted by atomic mass is 10.1. The highest BCUT2D eigenvalue weighted by Crippen LogP contribution is 2.24. The molecule has 1 saturated carbocycles. The highest BCUT2D eigenvalue weighted by atomic mass is 127. The fourth-order valence-electron chi connectivity index (χ4n) is 2.48. The summed E-state index contributed by atoms with van der Waals surface area (Å²) in [5.41, 5.74) is 0.950. The maximum atomic E-state index is 9.83. The van der Waals surface area contributed by atoms with Crippen molar-refractivity contribution in [1.29, 1.82) is 0 Å². The predicted molar refractivity (Wildman–Crippen MR) is 95.8 cm³/mol. The van der Waals surface area contributed by atoms with Crippen molar-refractivity contribution in [1.82, 2.24) is 15.6 Å². The Morgan fingerprint density at radius 3 is 2.86 bits per heavy atom. The van der Waals surface area contributed by atoms with Gasteiger partial charge in [-0.15, -0.1) is 24.0 Å². The average Bonchev–Trinajstić information content (AvgIpc) is 2.88. The molecule has 118 valence electrons. The van der Waals surface area contributed by atoms with E-state index in [2.05, 4.69) is 20.6 Å². The van der Waals surface area contributed by atoms with Gasteiger partial charge in [0.1, 0.15) is 0 Å². The van der Waals surface area contributed by atoms with Crippen molar-refractivity contribution in [3.63, 3.8) is 0 Å². The van der Waals surface area contributed by atoms with E-state index in [1.807, 2.05) is 25.1 Å². The van der Waals surface area contributed by atoms with Crippen LogP contribution in [0.2, 0.25) is 0 Å². The second-order valence-corrected chi connectivity index (χ2v) is 5.16. The van der Waals surface area contributed by atoms with Crippen molar-refractivity contribution in [2.45, 2.75) is 38.8 Å². The number of halogens is 1. The van der Waals surface area contributed by atoms with Gasteiger partial charge in [0.15, 0.2) is 5.96 Å². The zero-order valence-corrected chi connectivity index (χ0v) is 14.8. The third-order valence-electron chi connectivity index (χ3n) is 3.62. The van der Waals surface area contributed by atoms with E-state index in [1.165, 1.54) is 0 Å². The van der Waals surface area contributed by atoms with E-state index in [1.54, 1.807) is 6.20 Å². The van der Waals surface area contributed by atoms with Crippen LogP contribution in [-0.4, -0.2) is 35.2 Å². The first kappa shape index (κ1) is 18.2. The Kier molecular flexibility index (Phi) is 8.60. The molecule has 2 atom stereocenters. The minimum Gasteiger partial charge on any atom is -0.393 e. The van der Waals surface area contributed by atoms with Crippen molar-refractivity contribution in [3.8, 4) is 0 Å². The minimum absolute atomic E-state index is 0. The molecule has 1 heterocycles. The Hall–Kier alpha value is -0.890. The smallest absolute Gasteiger partial charge is 0.191 e. The summed E-state index contributed by atoms with van der Waals surface area (Å²) < 4.78 is 0. The van der Waals surface area contributed by atoms with E-state index in [4.69, 9.17) is 0 Å². The van der Waals surface area contributed by atoms with Gasteiger partial charge >= 0.3 is 0 Å². The number of pyridine rings is 1. The molecule has 21 heavy (non-hydrogen) atoms. The molecule has 0 aromatic carbocycles. The topological polar surface area (TPSA) is 69.5 Å². The first-order chi connectivity index (χ1) is 9.79. The van der Waals surface area contributed by atoms with Crippen LogP contribution in [0.15, 0.2) is 29.4 Å². The van der Waals surface area contributed by atoms with Crippen LogP contribution in [0, 0.1) is 5.92 Å². The molecule has 1 aromatic rings. The zero-order chi connectivity index (χ0) is 14.2. The van der Waals surface area contributed by atoms with E-state index in [9.17, 15) is 5.11 Å². The molecule has 0 amide bonds. The summed E-state index contributed by atoms with van der Waals surface area (Å²) in [6.07, 6.45) is 4.75. The van der Waals surface area contributed by atoms with Gasteiger partial charge in [0, 0.05) is 25.2 Å². The number of aliphatic hydroxyl groups excluding tert-OH is 1. The van der Waals surface area contributed by atoms with Crippen LogP contribution in [0.1, 0.15) is 31.9 Å². The summed E-state index contributed by atoms with van der Waals surface area (Å²) in [6, 6.07) is 5.83. The van der Waals surface area contributed by atoms with Crippen LogP contribution < -0.4 is 10.6 Å². The lowest BCUT2D eigenvalue weighted by Crippen LogP contribution is -2.41. The van der Waals surface area contributed by atoms with Gasteiger partial charge in [-0.05, 0) is 31.9 Å². The lowest BCUT2D eigenvalue weighted by Gasteiger charge is -2.17. The van der Waals surface area contributed by atoms with Crippen LogP contribution in [0.25, 0.3) is 0 Å². The quantitative estimate of drug-likeness (QED) is 0.399. The molecular formula is C15H25IN4O. The van der Waals surface area contributed by atoms with Crippen LogP contribution >= 0.6 is 24.0 Å². The second-order valence-electron chi connectivity index (χ2n) is 5.16. The van der Waals surface area contributed by atoms with Crippen molar-refractivity contribution in [2.24, 2.45) is 10.9 Å². The largest absolute Gasteiger partial charge is 0.393 e. The van der Waals surface area contributed by atoms with E-state index < -0.39 is 0 Å². The number of nitrogens with zero attached hydrogens (tertiary/aromatic N) is 2. The fraction of sp³-hybridized carbons (Fsp3) is 0.600. The first-order valence-electron chi connectivity index (χ1n) is 7.39. The van der Waals surface area contributed by atoms with Gasteiger partial charge in [-0.2, -0.15) is 0 Å². The Morgan fingerprint density at radius 1 is 1.38 bits per heavy atom. The predicted octanol–water partition coefficient (Wildman–Crippen LogP) is 1.92. The molecule has 6 heteroatoms. The summed E-state index contributed by atoms with van der Waals surface area (Å²) in [4.78, 5) is 8.78. The van der Waals surface area contributed by atoms with Gasteiger partial charge in [-0.1, -0.05) is 12.5 Å². The number of aromatic nitrogens is 1. The molecule has 1 aliphatic rings. The number of aliphatic imine (C=N–C) groups is 1. The highest BCUT2D eigenvalue weighted by Gasteiger charge is 2.24. The summed E-state index contributed by atoms with van der Waals surface area (Å²) in [5.74, 6) is 1.13. The van der Waals surface area contributed by atoms with Crippen LogP contribution in [-0.2, 0) is 6.54 Å². The van der Waals surface area contributed by atoms with Crippen LogP contribution in [0.4, 0.5) is 0 Å². The van der Waals surface area contributed by atoms with Gasteiger partial charge in [0.05, 0.1) is 18.3 Å². The molecule has 0 radical (unpaired) electrons. The van der Waals surface area contributed by atoms with Crippen molar-refractivity contribution < 1.29 is 5.11 Å². The van der Waals surface area contributed by atoms with Gasteiger partial charge in [-0.25, -0.2) is 4.99 Å². The molecule has 0 saturated heterocycles. The molecule has 1 fully saturated rings. The molecule has 2 rings (SSSR count). The summed E-state index contributed by atoms with van der Waals surface area (Å²) in [6.45, 7) is 4.20. The standard InChI is InChI=1S/C15H24N4O.HI/c1-2-16-15(18-10-12-6-5-8-14(12)20)19-11-13-7-3-4-9-17-13;/h3-4,7,9,12,14,20H,2,5-6,8,10-11H2,1H3,(H2,16,18,19);1H. The van der Waals surface area contributed by atoms with E-state index in [-0.39, 0.29) is 30.1 Å². The summed E-state index contributed by atoms with van der Waals surface area (Å²) in [7, 11) is 0. The molecule has 3 N–H and O–H groups in total. The number of hydrogen-bond donors (Lipinski definition) is 3. The number of rotatable bonds is 5. The third-order valence-corrected chi connectivity index (χ3v) is 3.62. The van der Waals surface area contributed by atoms with Gasteiger partial charge in [0.25, 0.3) is 0 Å². The van der Waals surface area contributed by atoms with E-state index >= 15 is 0 Å². The van der Waals surface area contributed by atoms with Crippen LogP contribution in [0.5, 0.6) is 0 Å². The Balaban J connectivity index is 0.00000220. The first-order valence-corrected chi connectivity index (χ1v) is 7.39. The molecule has 0 aliphatic heterocycles. The maximum Gasteiger partial charge on any atom is 0.191 e. The number of aliphatic hydroxyl groups is 1. The summed E-state index contributed by atoms with van der Waals surface area (Å²) in [5, 5.41) is 16.4. The maximum absolute atomic E-state index is 9.83. The molecule has 1 aliphatic carbocycles. The minimum atomic E-state index is -0.166. The molecular weight excluding hydrogens is 379 g/mol. The monoisotopic (exact) mass is 404 g/mol. The summed E-state index contributed by atoms with van der Waals surface area (Å²) >= 11 is 0. The van der Waals surface area contributed by atoms with Crippen molar-refractivity contribution in [2.75, 3.05) is 13.1 Å². The molecule has 1 aromatic heterocycles. The third kappa shape index (κ3) is 6.17. The van der Waals surface area contributed by atoms with Crippen LogP contribution in [0.3, 0.4) is 0 Å². The lowest BCUT2D eigenvalue weighted by molar-refractivity contribution is 0.134. The Bertz CT molecular complexity index is 427. The average molecular weight is 404 g/mol. The molecule has 0 spiro atoms. The van der Waals surface area contributed by atoms with Crippen molar-refractivity contribution >= 4 is 29.9 Å². The van der Waals surface area contributed by atoms with Gasteiger partial charge in [-0.3, -0.25) is 4.98 Å². The highest BCUT2D eigenvalue weighted by molar-refractivity contribution is 14.0. The van der Waals surface area contributed by atoms with Gasteiger partial charge < -0.3 is 15.7 Å². The fourth-order valence-corrected chi connectivity index (χ4v) is 2.48. The zero-order valence-electron chi connectivity index (χ0n) is 12.5.